The second-order valence-electron chi connectivity index (χ2n) is 5.74. The largest absolute Gasteiger partial charge is 0.495 e. The van der Waals surface area contributed by atoms with E-state index in [1.807, 2.05) is 0 Å². The number of hydrogen-bond donors (Lipinski definition) is 3. The summed E-state index contributed by atoms with van der Waals surface area (Å²) in [6.45, 7) is 1.66. The fourth-order valence-electron chi connectivity index (χ4n) is 2.62. The molecule has 3 N–H and O–H groups in total. The van der Waals surface area contributed by atoms with Crippen LogP contribution in [-0.4, -0.2) is 61.7 Å². The third kappa shape index (κ3) is 4.56. The average Bonchev–Trinajstić information content (AvgIpc) is 2.97. The molecule has 1 heterocycles. The maximum atomic E-state index is 12.6. The van der Waals surface area contributed by atoms with E-state index < -0.39 is 11.9 Å². The Kier molecular flexibility index (Phi) is 6.78. The van der Waals surface area contributed by atoms with Crippen molar-refractivity contribution in [3.05, 3.63) is 29.5 Å². The van der Waals surface area contributed by atoms with E-state index in [0.29, 0.717) is 23.5 Å². The van der Waals surface area contributed by atoms with Crippen LogP contribution < -0.4 is 15.4 Å². The van der Waals surface area contributed by atoms with Crippen LogP contribution in [0.15, 0.2) is 29.5 Å². The van der Waals surface area contributed by atoms with Gasteiger partial charge >= 0.3 is 5.97 Å². The summed E-state index contributed by atoms with van der Waals surface area (Å²) in [6.07, 6.45) is 0.299. The minimum atomic E-state index is -0.626. The molecule has 2 amide bonds. The fourth-order valence-corrected chi connectivity index (χ4v) is 2.62. The van der Waals surface area contributed by atoms with Crippen molar-refractivity contribution in [2.45, 2.75) is 13.3 Å². The predicted octanol–water partition coefficient (Wildman–Crippen LogP) is 0.717. The first-order chi connectivity index (χ1) is 12.9. The van der Waals surface area contributed by atoms with Gasteiger partial charge in [0.25, 0.3) is 5.91 Å². The maximum absolute atomic E-state index is 12.6. The Morgan fingerprint density at radius 1 is 1.30 bits per heavy atom. The molecule has 1 aromatic carbocycles. The van der Waals surface area contributed by atoms with Gasteiger partial charge in [0.2, 0.25) is 5.91 Å². The van der Waals surface area contributed by atoms with E-state index in [0.717, 1.165) is 0 Å². The van der Waals surface area contributed by atoms with Crippen LogP contribution >= 0.6 is 0 Å². The number of amides is 2. The molecule has 0 atom stereocenters. The zero-order chi connectivity index (χ0) is 20.0. The third-order valence-corrected chi connectivity index (χ3v) is 4.02. The summed E-state index contributed by atoms with van der Waals surface area (Å²) < 4.78 is 9.98. The number of ether oxygens (including phenoxy) is 2. The van der Waals surface area contributed by atoms with Gasteiger partial charge in [0, 0.05) is 18.7 Å². The SMILES string of the molecule is CCC(=O)Nc1cc(NC2=C(C(=O)OC)CN(CCO)C2=O)ccc1OC. The summed E-state index contributed by atoms with van der Waals surface area (Å²) in [6, 6.07) is 4.90. The molecule has 0 bridgehead atoms. The highest BCUT2D eigenvalue weighted by atomic mass is 16.5. The lowest BCUT2D eigenvalue weighted by Gasteiger charge is -2.16. The molecule has 146 valence electrons. The molecule has 2 rings (SSSR count). The smallest absolute Gasteiger partial charge is 0.337 e. The molecule has 0 saturated carbocycles. The minimum absolute atomic E-state index is 0.0456. The first-order valence-corrected chi connectivity index (χ1v) is 8.41. The van der Waals surface area contributed by atoms with Crippen LogP contribution in [0.25, 0.3) is 0 Å². The van der Waals surface area contributed by atoms with Gasteiger partial charge in [-0.1, -0.05) is 6.92 Å². The Morgan fingerprint density at radius 3 is 2.63 bits per heavy atom. The van der Waals surface area contributed by atoms with Gasteiger partial charge in [-0.05, 0) is 18.2 Å². The van der Waals surface area contributed by atoms with Crippen molar-refractivity contribution in [1.82, 2.24) is 4.90 Å². The molecule has 1 aliphatic rings. The van der Waals surface area contributed by atoms with Gasteiger partial charge in [-0.2, -0.15) is 0 Å². The highest BCUT2D eigenvalue weighted by Crippen LogP contribution is 2.30. The summed E-state index contributed by atoms with van der Waals surface area (Å²) >= 11 is 0. The molecule has 0 fully saturated rings. The van der Waals surface area contributed by atoms with Gasteiger partial charge in [-0.25, -0.2) is 4.79 Å². The highest BCUT2D eigenvalue weighted by Gasteiger charge is 2.34. The summed E-state index contributed by atoms with van der Waals surface area (Å²) in [7, 11) is 2.72. The Morgan fingerprint density at radius 2 is 2.04 bits per heavy atom. The lowest BCUT2D eigenvalue weighted by Crippen LogP contribution is -2.31. The van der Waals surface area contributed by atoms with Crippen LogP contribution in [0.4, 0.5) is 11.4 Å². The normalized spacial score (nSPS) is 13.6. The molecule has 27 heavy (non-hydrogen) atoms. The summed E-state index contributed by atoms with van der Waals surface area (Å²) in [5.41, 5.74) is 1.17. The number of anilines is 2. The molecule has 1 aliphatic heterocycles. The zero-order valence-corrected chi connectivity index (χ0v) is 15.5. The fraction of sp³-hybridized carbons (Fsp3) is 0.389. The molecule has 0 aromatic heterocycles. The van der Waals surface area contributed by atoms with E-state index in [1.165, 1.54) is 19.1 Å². The average molecular weight is 377 g/mol. The van der Waals surface area contributed by atoms with E-state index in [9.17, 15) is 14.4 Å². The molecule has 0 saturated heterocycles. The van der Waals surface area contributed by atoms with Crippen molar-refractivity contribution >= 4 is 29.2 Å². The Hall–Kier alpha value is -3.07. The van der Waals surface area contributed by atoms with Crippen LogP contribution in [0, 0.1) is 0 Å². The van der Waals surface area contributed by atoms with E-state index in [2.05, 4.69) is 10.6 Å². The molecular formula is C18H23N3O6. The van der Waals surface area contributed by atoms with Crippen molar-refractivity contribution in [1.29, 1.82) is 0 Å². The Labute approximate surface area is 156 Å². The van der Waals surface area contributed by atoms with Crippen LogP contribution in [0.3, 0.4) is 0 Å². The topological polar surface area (TPSA) is 117 Å². The Bertz CT molecular complexity index is 774. The van der Waals surface area contributed by atoms with Crippen LogP contribution in [0.1, 0.15) is 13.3 Å². The van der Waals surface area contributed by atoms with Crippen LogP contribution in [-0.2, 0) is 19.1 Å². The van der Waals surface area contributed by atoms with Crippen molar-refractivity contribution in [3.63, 3.8) is 0 Å². The molecule has 9 nitrogen and oxygen atoms in total. The van der Waals surface area contributed by atoms with E-state index in [-0.39, 0.29) is 36.9 Å². The number of methoxy groups -OCH3 is 2. The number of rotatable bonds is 8. The number of carbonyl (C=O) groups excluding carboxylic acids is 3. The number of nitrogens with zero attached hydrogens (tertiary/aromatic N) is 1. The summed E-state index contributed by atoms with van der Waals surface area (Å²) in [4.78, 5) is 37.6. The second-order valence-corrected chi connectivity index (χ2v) is 5.74. The first-order valence-electron chi connectivity index (χ1n) is 8.41. The van der Waals surface area contributed by atoms with Crippen molar-refractivity contribution < 1.29 is 29.0 Å². The van der Waals surface area contributed by atoms with Gasteiger partial charge in [-0.3, -0.25) is 9.59 Å². The Balaban J connectivity index is 2.34. The van der Waals surface area contributed by atoms with E-state index in [4.69, 9.17) is 14.6 Å². The molecule has 0 spiro atoms. The highest BCUT2D eigenvalue weighted by molar-refractivity contribution is 6.08. The molecule has 9 heteroatoms. The van der Waals surface area contributed by atoms with Gasteiger partial charge in [0.1, 0.15) is 11.4 Å². The van der Waals surface area contributed by atoms with Gasteiger partial charge in [0.05, 0.1) is 38.6 Å². The maximum Gasteiger partial charge on any atom is 0.337 e. The number of benzene rings is 1. The number of carbonyl (C=O) groups is 3. The number of hydrogen-bond acceptors (Lipinski definition) is 7. The molecule has 0 unspecified atom stereocenters. The van der Waals surface area contributed by atoms with Gasteiger partial charge in [0.15, 0.2) is 0 Å². The van der Waals surface area contributed by atoms with Crippen LogP contribution in [0.2, 0.25) is 0 Å². The van der Waals surface area contributed by atoms with E-state index >= 15 is 0 Å². The molecule has 0 aliphatic carbocycles. The number of aliphatic hydroxyl groups excluding tert-OH is 1. The second kappa shape index (κ2) is 9.04. The number of esters is 1. The number of aliphatic hydroxyl groups is 1. The summed E-state index contributed by atoms with van der Waals surface area (Å²) in [5.74, 6) is -0.770. The van der Waals surface area contributed by atoms with Gasteiger partial charge < -0.3 is 30.1 Å². The lowest BCUT2D eigenvalue weighted by atomic mass is 10.2. The van der Waals surface area contributed by atoms with Crippen molar-refractivity contribution in [2.24, 2.45) is 0 Å². The lowest BCUT2D eigenvalue weighted by molar-refractivity contribution is -0.136. The number of β-amino-alcohol motifs (C(OH)–C–C–N with tert-alkyl or cyclic N) is 1. The number of nitrogens with one attached hydrogen (secondary N) is 2. The van der Waals surface area contributed by atoms with Crippen molar-refractivity contribution in [3.8, 4) is 5.75 Å². The minimum Gasteiger partial charge on any atom is -0.495 e. The molecule has 1 aromatic rings. The predicted molar refractivity (Wildman–Crippen MR) is 98.2 cm³/mol. The quantitative estimate of drug-likeness (QED) is 0.571. The standard InChI is InChI=1S/C18H23N3O6/c1-4-15(23)20-13-9-11(5-6-14(13)26-2)19-16-12(18(25)27-3)10-21(7-8-22)17(16)24/h5-6,9,19,22H,4,7-8,10H2,1-3H3,(H,20,23). The summed E-state index contributed by atoms with van der Waals surface area (Å²) in [5, 5.41) is 14.7. The van der Waals surface area contributed by atoms with Crippen LogP contribution in [0.5, 0.6) is 5.75 Å². The van der Waals surface area contributed by atoms with Gasteiger partial charge in [-0.15, -0.1) is 0 Å². The third-order valence-electron chi connectivity index (χ3n) is 4.02. The molecule has 0 radical (unpaired) electrons. The zero-order valence-electron chi connectivity index (χ0n) is 15.5. The first kappa shape index (κ1) is 20.2. The molecular weight excluding hydrogens is 354 g/mol. The van der Waals surface area contributed by atoms with E-state index in [1.54, 1.807) is 25.1 Å². The monoisotopic (exact) mass is 377 g/mol. The van der Waals surface area contributed by atoms with Crippen molar-refractivity contribution in [2.75, 3.05) is 44.5 Å².